The van der Waals surface area contributed by atoms with E-state index >= 15 is 0 Å². The normalized spacial score (nSPS) is 12.3. The maximum absolute atomic E-state index is 13.4. The van der Waals surface area contributed by atoms with Gasteiger partial charge < -0.3 is 4.98 Å². The van der Waals surface area contributed by atoms with E-state index in [-0.39, 0.29) is 15.8 Å². The van der Waals surface area contributed by atoms with Gasteiger partial charge in [0.05, 0.1) is 34.6 Å². The summed E-state index contributed by atoms with van der Waals surface area (Å²) in [5.74, 6) is 0. The molecule has 13 heteroatoms. The van der Waals surface area contributed by atoms with Crippen LogP contribution in [0.25, 0.3) is 22.2 Å². The molecule has 2 N–H and O–H groups in total. The highest BCUT2D eigenvalue weighted by molar-refractivity contribution is 7.91. The topological polar surface area (TPSA) is 127 Å². The van der Waals surface area contributed by atoms with E-state index in [1.54, 1.807) is 4.83 Å². The standard InChI is InChI=1S/C14H10F3N5O4S/c1-27(25,26)21-22-12(23)8-4-7(11-6-18-2-3-19-11)9(14(15,16)17)5-10(8)20-13(22)24/h2-6,21H,1H3,(H,20,24). The number of hydrogen-bond donors (Lipinski definition) is 2. The van der Waals surface area contributed by atoms with Gasteiger partial charge in [-0.3, -0.25) is 14.8 Å². The van der Waals surface area contributed by atoms with Crippen LogP contribution in [0, 0.1) is 0 Å². The minimum absolute atomic E-state index is 0.153. The number of aromatic amines is 1. The zero-order chi connectivity index (χ0) is 20.0. The molecule has 0 aliphatic carbocycles. The van der Waals surface area contributed by atoms with Crippen LogP contribution in [0.5, 0.6) is 0 Å². The summed E-state index contributed by atoms with van der Waals surface area (Å²) in [6.07, 6.45) is -0.581. The average Bonchev–Trinajstić information content (AvgIpc) is 2.57. The van der Waals surface area contributed by atoms with Crippen molar-refractivity contribution < 1.29 is 21.6 Å². The Hall–Kier alpha value is -3.22. The molecule has 142 valence electrons. The number of alkyl halides is 3. The SMILES string of the molecule is CS(=O)(=O)Nn1c(=O)[nH]c2cc(C(F)(F)F)c(-c3cnccn3)cc2c1=O. The second-order valence-corrected chi connectivity index (χ2v) is 7.19. The Kier molecular flexibility index (Phi) is 4.26. The summed E-state index contributed by atoms with van der Waals surface area (Å²) in [4.78, 5) is 35.7. The van der Waals surface area contributed by atoms with E-state index in [0.717, 1.165) is 12.3 Å². The molecule has 0 saturated heterocycles. The fourth-order valence-electron chi connectivity index (χ4n) is 2.40. The van der Waals surface area contributed by atoms with Crippen LogP contribution >= 0.6 is 0 Å². The fourth-order valence-corrected chi connectivity index (χ4v) is 2.89. The third-order valence-corrected chi connectivity index (χ3v) is 3.95. The van der Waals surface area contributed by atoms with Crippen LogP contribution in [0.3, 0.4) is 0 Å². The molecule has 0 bridgehead atoms. The number of H-pyrrole nitrogens is 1. The van der Waals surface area contributed by atoms with Gasteiger partial charge in [0, 0.05) is 18.0 Å². The molecule has 3 aromatic rings. The maximum atomic E-state index is 13.4. The van der Waals surface area contributed by atoms with Crippen molar-refractivity contribution in [1.29, 1.82) is 0 Å². The molecule has 0 fully saturated rings. The third kappa shape index (κ3) is 3.67. The number of rotatable bonds is 3. The summed E-state index contributed by atoms with van der Waals surface area (Å²) in [5, 5.41) is -0.348. The Labute approximate surface area is 148 Å². The molecule has 0 amide bonds. The largest absolute Gasteiger partial charge is 0.417 e. The summed E-state index contributed by atoms with van der Waals surface area (Å²) >= 11 is 0. The van der Waals surface area contributed by atoms with E-state index < -0.39 is 44.1 Å². The first-order valence-electron chi connectivity index (χ1n) is 7.12. The van der Waals surface area contributed by atoms with Crippen molar-refractivity contribution in [3.63, 3.8) is 0 Å². The number of nitrogens with one attached hydrogen (secondary N) is 2. The molecular weight excluding hydrogens is 391 g/mol. The molecule has 3 rings (SSSR count). The number of sulfonamides is 1. The van der Waals surface area contributed by atoms with Crippen molar-refractivity contribution in [2.75, 3.05) is 11.1 Å². The molecule has 0 atom stereocenters. The lowest BCUT2D eigenvalue weighted by Crippen LogP contribution is -2.43. The Morgan fingerprint density at radius 2 is 1.89 bits per heavy atom. The molecule has 9 nitrogen and oxygen atoms in total. The molecule has 2 heterocycles. The molecular formula is C14H10F3N5O4S. The predicted molar refractivity (Wildman–Crippen MR) is 89.1 cm³/mol. The minimum atomic E-state index is -4.81. The highest BCUT2D eigenvalue weighted by atomic mass is 32.2. The zero-order valence-corrected chi connectivity index (χ0v) is 14.2. The van der Waals surface area contributed by atoms with Gasteiger partial charge in [-0.25, -0.2) is 18.0 Å². The van der Waals surface area contributed by atoms with E-state index in [0.29, 0.717) is 12.3 Å². The number of benzene rings is 1. The summed E-state index contributed by atoms with van der Waals surface area (Å²) in [7, 11) is -3.99. The first-order chi connectivity index (χ1) is 12.5. The van der Waals surface area contributed by atoms with Gasteiger partial charge >= 0.3 is 11.9 Å². The highest BCUT2D eigenvalue weighted by Crippen LogP contribution is 2.37. The first kappa shape index (κ1) is 18.6. The molecule has 1 aromatic carbocycles. The molecule has 0 spiro atoms. The van der Waals surface area contributed by atoms with Crippen molar-refractivity contribution in [3.8, 4) is 11.3 Å². The molecule has 0 saturated carbocycles. The van der Waals surface area contributed by atoms with Gasteiger partial charge in [-0.1, -0.05) is 0 Å². The van der Waals surface area contributed by atoms with E-state index in [9.17, 15) is 31.2 Å². The van der Waals surface area contributed by atoms with Crippen LogP contribution in [-0.2, 0) is 16.2 Å². The van der Waals surface area contributed by atoms with E-state index in [1.807, 2.05) is 0 Å². The average molecular weight is 401 g/mol. The summed E-state index contributed by atoms with van der Waals surface area (Å²) in [6.45, 7) is 0. The number of hydrogen-bond acceptors (Lipinski definition) is 6. The quantitative estimate of drug-likeness (QED) is 0.664. The second kappa shape index (κ2) is 6.19. The number of nitrogens with zero attached hydrogens (tertiary/aromatic N) is 3. The zero-order valence-electron chi connectivity index (χ0n) is 13.4. The van der Waals surface area contributed by atoms with Gasteiger partial charge in [-0.05, 0) is 12.1 Å². The summed E-state index contributed by atoms with van der Waals surface area (Å²) in [6, 6.07) is 1.47. The smallest absolute Gasteiger partial charge is 0.305 e. The lowest BCUT2D eigenvalue weighted by Gasteiger charge is -2.14. The monoisotopic (exact) mass is 401 g/mol. The van der Waals surface area contributed by atoms with Crippen molar-refractivity contribution in [1.82, 2.24) is 19.6 Å². The Morgan fingerprint density at radius 3 is 2.44 bits per heavy atom. The molecule has 2 aromatic heterocycles. The van der Waals surface area contributed by atoms with Crippen molar-refractivity contribution >= 4 is 20.9 Å². The van der Waals surface area contributed by atoms with Crippen molar-refractivity contribution in [3.05, 3.63) is 57.1 Å². The van der Waals surface area contributed by atoms with Gasteiger partial charge in [0.1, 0.15) is 0 Å². The van der Waals surface area contributed by atoms with E-state index in [2.05, 4.69) is 15.0 Å². The summed E-state index contributed by atoms with van der Waals surface area (Å²) in [5.41, 5.74) is -4.52. The second-order valence-electron chi connectivity index (χ2n) is 5.47. The van der Waals surface area contributed by atoms with Gasteiger partial charge in [0.25, 0.3) is 5.56 Å². The van der Waals surface area contributed by atoms with Crippen LogP contribution in [0.2, 0.25) is 0 Å². The minimum Gasteiger partial charge on any atom is -0.305 e. The van der Waals surface area contributed by atoms with Crippen LogP contribution in [0.4, 0.5) is 13.2 Å². The van der Waals surface area contributed by atoms with Crippen LogP contribution in [0.15, 0.2) is 40.3 Å². The lowest BCUT2D eigenvalue weighted by atomic mass is 10.0. The summed E-state index contributed by atoms with van der Waals surface area (Å²) < 4.78 is 63.2. The highest BCUT2D eigenvalue weighted by Gasteiger charge is 2.35. The first-order valence-corrected chi connectivity index (χ1v) is 9.01. The number of fused-ring (bicyclic) bond motifs is 1. The van der Waals surface area contributed by atoms with E-state index in [1.165, 1.54) is 12.4 Å². The van der Waals surface area contributed by atoms with E-state index in [4.69, 9.17) is 0 Å². The van der Waals surface area contributed by atoms with Gasteiger partial charge in [0.2, 0.25) is 10.0 Å². The van der Waals surface area contributed by atoms with Crippen molar-refractivity contribution in [2.45, 2.75) is 6.18 Å². The Bertz CT molecular complexity index is 1250. The predicted octanol–water partition coefficient (Wildman–Crippen LogP) is 0.669. The number of aromatic nitrogens is 4. The number of halogens is 3. The van der Waals surface area contributed by atoms with Crippen molar-refractivity contribution in [2.24, 2.45) is 0 Å². The Morgan fingerprint density at radius 1 is 1.19 bits per heavy atom. The van der Waals surface area contributed by atoms with Gasteiger partial charge in [0.15, 0.2) is 0 Å². The molecule has 27 heavy (non-hydrogen) atoms. The lowest BCUT2D eigenvalue weighted by molar-refractivity contribution is -0.137. The van der Waals surface area contributed by atoms with Crippen LogP contribution in [0.1, 0.15) is 5.56 Å². The maximum Gasteiger partial charge on any atom is 0.417 e. The van der Waals surface area contributed by atoms with Crippen LogP contribution < -0.4 is 16.1 Å². The molecule has 0 radical (unpaired) electrons. The fraction of sp³-hybridized carbons (Fsp3) is 0.143. The Balaban J connectivity index is 2.41. The molecule has 0 aliphatic heterocycles. The third-order valence-electron chi connectivity index (χ3n) is 3.44. The van der Waals surface area contributed by atoms with Gasteiger partial charge in [-0.2, -0.15) is 17.8 Å². The molecule has 0 unspecified atom stereocenters. The van der Waals surface area contributed by atoms with Crippen LogP contribution in [-0.4, -0.2) is 34.3 Å². The molecule has 0 aliphatic rings. The van der Waals surface area contributed by atoms with Gasteiger partial charge in [-0.15, -0.1) is 0 Å².